The third kappa shape index (κ3) is 17.5. The number of aromatic nitrogens is 3. The highest BCUT2D eigenvalue weighted by Crippen LogP contribution is 2.47. The number of hydrogen-bond acceptors (Lipinski definition) is 3. The van der Waals surface area contributed by atoms with E-state index in [2.05, 4.69) is 592 Å². The summed E-state index contributed by atoms with van der Waals surface area (Å²) in [5.41, 5.74) is 36.8. The van der Waals surface area contributed by atoms with E-state index in [0.717, 1.165) is 89.3 Å². The highest BCUT2D eigenvalue weighted by Gasteiger charge is 2.23. The predicted octanol–water partition coefficient (Wildman–Crippen LogP) is 39.6. The number of fused-ring (bicyclic) bond motifs is 12. The number of nitrogens with zero attached hydrogens (tertiary/aromatic N) is 4. The first-order valence-corrected chi connectivity index (χ1v) is 50.8. The van der Waals surface area contributed by atoms with Crippen LogP contribution in [0.5, 0.6) is 0 Å². The van der Waals surface area contributed by atoms with Gasteiger partial charge < -0.3 is 9.47 Å². The highest BCUT2D eigenvalue weighted by atomic mass is 15.1. The zero-order valence-electron chi connectivity index (χ0n) is 81.2. The van der Waals surface area contributed by atoms with E-state index < -0.39 is 0 Å². The molecule has 0 aliphatic rings. The van der Waals surface area contributed by atoms with E-state index in [1.807, 2.05) is 0 Å². The van der Waals surface area contributed by atoms with Crippen molar-refractivity contribution in [2.45, 2.75) is 0 Å². The average molecular weight is 1880 g/mol. The molecular formula is C144H96N4. The van der Waals surface area contributed by atoms with Gasteiger partial charge in [-0.15, -0.1) is 0 Å². The Balaban J connectivity index is 0.000000113. The van der Waals surface area contributed by atoms with Gasteiger partial charge in [-0.1, -0.05) is 461 Å². The molecule has 0 aliphatic carbocycles. The normalized spacial score (nSPS) is 11.4. The Morgan fingerprint density at radius 2 is 0.399 bits per heavy atom. The van der Waals surface area contributed by atoms with Crippen molar-refractivity contribution in [3.8, 4) is 139 Å². The summed E-state index contributed by atoms with van der Waals surface area (Å²) in [6.45, 7) is 0. The van der Waals surface area contributed by atoms with Gasteiger partial charge >= 0.3 is 0 Å². The summed E-state index contributed by atoms with van der Waals surface area (Å²) in [4.78, 5) is 13.2. The second-order valence-electron chi connectivity index (χ2n) is 38.2. The number of hydrogen-bond donors (Lipinski definition) is 0. The van der Waals surface area contributed by atoms with Crippen LogP contribution in [-0.4, -0.2) is 14.5 Å². The van der Waals surface area contributed by atoms with Crippen LogP contribution in [0.2, 0.25) is 0 Å². The number of anilines is 3. The summed E-state index contributed by atoms with van der Waals surface area (Å²) < 4.78 is 2.39. The molecule has 0 spiro atoms. The van der Waals surface area contributed by atoms with Crippen LogP contribution < -0.4 is 4.90 Å². The Morgan fingerprint density at radius 3 is 0.791 bits per heavy atom. The van der Waals surface area contributed by atoms with Gasteiger partial charge in [0, 0.05) is 55.4 Å². The third-order valence-corrected chi connectivity index (χ3v) is 29.3. The molecule has 28 aromatic rings. The van der Waals surface area contributed by atoms with Crippen LogP contribution in [0.4, 0.5) is 17.1 Å². The molecule has 0 radical (unpaired) electrons. The fraction of sp³-hybridized carbons (Fsp3) is 0. The minimum Gasteiger partial charge on any atom is -0.311 e. The Kier molecular flexibility index (Phi) is 23.4. The maximum Gasteiger partial charge on any atom is 0.0978 e. The van der Waals surface area contributed by atoms with Crippen LogP contribution in [0.25, 0.3) is 248 Å². The largest absolute Gasteiger partial charge is 0.311 e. The molecule has 0 saturated carbocycles. The molecule has 148 heavy (non-hydrogen) atoms. The van der Waals surface area contributed by atoms with Crippen LogP contribution in [-0.2, 0) is 0 Å². The van der Waals surface area contributed by atoms with Gasteiger partial charge in [0.2, 0.25) is 0 Å². The van der Waals surface area contributed by atoms with Crippen LogP contribution in [0.15, 0.2) is 582 Å². The molecule has 28 rings (SSSR count). The minimum atomic E-state index is 0.904. The number of para-hydroxylation sites is 1. The van der Waals surface area contributed by atoms with Gasteiger partial charge in [-0.3, -0.25) is 0 Å². The molecule has 0 saturated heterocycles. The fourth-order valence-electron chi connectivity index (χ4n) is 21.6. The minimum absolute atomic E-state index is 0.904. The Labute approximate surface area is 860 Å². The van der Waals surface area contributed by atoms with Gasteiger partial charge in [0.15, 0.2) is 0 Å². The second kappa shape index (κ2) is 39.1. The van der Waals surface area contributed by atoms with E-state index in [9.17, 15) is 0 Å². The van der Waals surface area contributed by atoms with E-state index in [4.69, 9.17) is 9.97 Å². The Hall–Kier alpha value is -19.5. The van der Waals surface area contributed by atoms with Gasteiger partial charge in [0.05, 0.1) is 33.5 Å². The van der Waals surface area contributed by atoms with Crippen LogP contribution >= 0.6 is 0 Å². The van der Waals surface area contributed by atoms with Crippen molar-refractivity contribution in [3.05, 3.63) is 582 Å². The van der Waals surface area contributed by atoms with Crippen molar-refractivity contribution in [3.63, 3.8) is 0 Å². The molecule has 4 nitrogen and oxygen atoms in total. The molecule has 3 heterocycles. The molecule has 0 N–H and O–H groups in total. The highest BCUT2D eigenvalue weighted by molar-refractivity contribution is 6.15. The zero-order valence-corrected chi connectivity index (χ0v) is 81.2. The average Bonchev–Trinajstić information content (AvgIpc) is 1.17. The number of pyridine rings is 2. The van der Waals surface area contributed by atoms with Crippen molar-refractivity contribution < 1.29 is 0 Å². The summed E-state index contributed by atoms with van der Waals surface area (Å²) in [6.07, 6.45) is 0. The van der Waals surface area contributed by atoms with Gasteiger partial charge in [-0.05, 0) is 297 Å². The molecule has 0 atom stereocenters. The third-order valence-electron chi connectivity index (χ3n) is 29.3. The molecule has 4 heteroatoms. The second-order valence-corrected chi connectivity index (χ2v) is 38.2. The quantitative estimate of drug-likeness (QED) is 0.0904. The number of benzene rings is 25. The van der Waals surface area contributed by atoms with Crippen LogP contribution in [0.3, 0.4) is 0 Å². The van der Waals surface area contributed by atoms with Crippen LogP contribution in [0, 0.1) is 0 Å². The lowest BCUT2D eigenvalue weighted by atomic mass is 9.89. The summed E-state index contributed by atoms with van der Waals surface area (Å²) in [6, 6.07) is 210. The van der Waals surface area contributed by atoms with Gasteiger partial charge in [-0.2, -0.15) is 0 Å². The van der Waals surface area contributed by atoms with E-state index in [-0.39, 0.29) is 0 Å². The van der Waals surface area contributed by atoms with Gasteiger partial charge in [-0.25, -0.2) is 9.97 Å². The van der Waals surface area contributed by atoms with Gasteiger partial charge in [0.25, 0.3) is 0 Å². The molecule has 0 unspecified atom stereocenters. The Morgan fingerprint density at radius 1 is 0.135 bits per heavy atom. The fourth-order valence-corrected chi connectivity index (χ4v) is 21.6. The lowest BCUT2D eigenvalue weighted by molar-refractivity contribution is 1.18. The topological polar surface area (TPSA) is 34.0 Å². The molecule has 0 bridgehead atoms. The first-order valence-electron chi connectivity index (χ1n) is 50.8. The summed E-state index contributed by atoms with van der Waals surface area (Å²) >= 11 is 0. The summed E-state index contributed by atoms with van der Waals surface area (Å²) in [5.74, 6) is 0. The predicted molar refractivity (Wildman–Crippen MR) is 629 cm³/mol. The first-order chi connectivity index (χ1) is 73.3. The molecule has 0 aliphatic heterocycles. The van der Waals surface area contributed by atoms with Crippen molar-refractivity contribution in [2.24, 2.45) is 0 Å². The SMILES string of the molecule is c1ccc(-c2cc(-c3ccc4ccccc4c3)nc3c2ccc2c(-c4ccccc4)cc(-c4ccc5ccccc5c4)nc23)cc1.c1ccc(-c2ccc(N(c3ccc(-c4ccccc4)cc3)c3ccc(-c4cc5ccccc5cc4-c4cccc5ccccc45)cc3)cc2)cc1.c1ccc(-n2c3ccc(-c4ccc(-c5ccc6ccccc6c5)cc4)cc3c3cc(-c4ccc(-c5ccc6ccccc6c5)cc4)ccc32)cc1. The smallest absolute Gasteiger partial charge is 0.0978 e. The van der Waals surface area contributed by atoms with E-state index in [1.54, 1.807) is 0 Å². The van der Waals surface area contributed by atoms with E-state index in [1.165, 1.54) is 175 Å². The van der Waals surface area contributed by atoms with E-state index >= 15 is 0 Å². The first kappa shape index (κ1) is 88.6. The van der Waals surface area contributed by atoms with Crippen LogP contribution in [0.1, 0.15) is 0 Å². The van der Waals surface area contributed by atoms with E-state index in [0.29, 0.717) is 0 Å². The van der Waals surface area contributed by atoms with Gasteiger partial charge in [0.1, 0.15) is 0 Å². The van der Waals surface area contributed by atoms with Crippen molar-refractivity contribution in [2.75, 3.05) is 4.90 Å². The standard InChI is InChI=1S/C50H33N.C50H35N.C44H28N2/c1-2-12-46(13-3-1)51-49-28-26-44(38-18-14-36(15-19-38)42-24-22-34-8-4-6-10-40(34)30-42)32-47(49)48-33-45(27-29-50(48)51)39-20-16-37(17-21-39)43-25-23-35-9-5-7-11-41(35)31-43;1-3-12-36(13-4-1)38-22-28-44(29-23-38)51(45-30-24-39(25-31-45)37-14-5-2-6-15-37)46-32-26-41(27-33-46)49-34-42-17-7-8-18-43(42)35-50(49)48-21-11-19-40-16-9-10-20-47(40)48;1-3-13-31(14-4-1)39-27-41(35-21-19-29-11-7-9-17-33(29)25-35)45-43-37(39)23-24-38-40(32-15-5-2-6-16-32)28-42(46-44(38)43)36-22-20-30-12-8-10-18-34(30)26-36/h1-33H;1-35H;1-28H. The van der Waals surface area contributed by atoms with Crippen molar-refractivity contribution in [1.82, 2.24) is 14.5 Å². The lowest BCUT2D eigenvalue weighted by Gasteiger charge is -2.26. The van der Waals surface area contributed by atoms with Crippen molar-refractivity contribution >= 4 is 125 Å². The molecule has 25 aromatic carbocycles. The molecule has 0 fully saturated rings. The summed E-state index contributed by atoms with van der Waals surface area (Å²) in [7, 11) is 0. The Bertz CT molecular complexity index is 9390. The molecule has 3 aromatic heterocycles. The number of rotatable bonds is 16. The molecular weight excluding hydrogens is 1790 g/mol. The maximum atomic E-state index is 5.42. The maximum absolute atomic E-state index is 5.42. The lowest BCUT2D eigenvalue weighted by Crippen LogP contribution is -2.09. The molecule has 0 amide bonds. The summed E-state index contributed by atoms with van der Waals surface area (Å²) in [5, 5.41) is 19.6. The molecule has 692 valence electrons. The monoisotopic (exact) mass is 1880 g/mol. The van der Waals surface area contributed by atoms with Crippen molar-refractivity contribution in [1.29, 1.82) is 0 Å². The zero-order chi connectivity index (χ0) is 98.2.